The standard InChI is InChI=1S/C32H30O7S/c1-22-17-19-26(20-18-22)40(34,35)39-30-28(33)29(27-21-36-31(30)37-27)38-32(23-11-5-2-6-12-23,24-13-7-3-8-14-24)25-15-9-4-10-16-25/h2-20,27-31,33H,21H2,1H3. The predicted molar refractivity (Wildman–Crippen MR) is 148 cm³/mol. The van der Waals surface area contributed by atoms with Gasteiger partial charge in [0.1, 0.15) is 23.9 Å². The number of aryl methyl sites for hydroxylation is 1. The van der Waals surface area contributed by atoms with Gasteiger partial charge < -0.3 is 19.3 Å². The van der Waals surface area contributed by atoms with Crippen LogP contribution in [-0.4, -0.2) is 50.8 Å². The predicted octanol–water partition coefficient (Wildman–Crippen LogP) is 4.56. The molecule has 0 spiro atoms. The number of ether oxygens (including phenoxy) is 3. The van der Waals surface area contributed by atoms with Crippen LogP contribution in [0.2, 0.25) is 0 Å². The van der Waals surface area contributed by atoms with Gasteiger partial charge >= 0.3 is 0 Å². The Labute approximate surface area is 234 Å². The first-order chi connectivity index (χ1) is 19.4. The molecule has 8 heteroatoms. The van der Waals surface area contributed by atoms with Crippen LogP contribution in [0.1, 0.15) is 22.3 Å². The summed E-state index contributed by atoms with van der Waals surface area (Å²) in [5.74, 6) is 0. The van der Waals surface area contributed by atoms with Crippen molar-refractivity contribution in [1.82, 2.24) is 0 Å². The number of aliphatic hydroxyl groups excluding tert-OH is 1. The van der Waals surface area contributed by atoms with E-state index in [9.17, 15) is 13.5 Å². The summed E-state index contributed by atoms with van der Waals surface area (Å²) >= 11 is 0. The first kappa shape index (κ1) is 26.8. The SMILES string of the molecule is Cc1ccc(S(=O)(=O)OC2C3OCC(O3)C(OC(c3ccccc3)(c3ccccc3)c3ccccc3)C2O)cc1. The van der Waals surface area contributed by atoms with E-state index in [0.717, 1.165) is 22.3 Å². The lowest BCUT2D eigenvalue weighted by Gasteiger charge is -2.44. The molecule has 206 valence electrons. The van der Waals surface area contributed by atoms with Crippen molar-refractivity contribution in [1.29, 1.82) is 0 Å². The summed E-state index contributed by atoms with van der Waals surface area (Å²) in [6.07, 6.45) is -5.40. The molecule has 2 saturated heterocycles. The van der Waals surface area contributed by atoms with Crippen LogP contribution in [0.25, 0.3) is 0 Å². The zero-order valence-electron chi connectivity index (χ0n) is 21.9. The molecule has 4 aromatic rings. The molecular weight excluding hydrogens is 528 g/mol. The van der Waals surface area contributed by atoms with Gasteiger partial charge in [-0.2, -0.15) is 8.42 Å². The summed E-state index contributed by atoms with van der Waals surface area (Å²) in [4.78, 5) is -0.0184. The fourth-order valence-electron chi connectivity index (χ4n) is 5.43. The number of hydrogen-bond acceptors (Lipinski definition) is 7. The van der Waals surface area contributed by atoms with Gasteiger partial charge in [0.15, 0.2) is 12.4 Å². The lowest BCUT2D eigenvalue weighted by Crippen LogP contribution is -2.58. The Morgan fingerprint density at radius 1 is 0.750 bits per heavy atom. The Balaban J connectivity index is 1.42. The summed E-state index contributed by atoms with van der Waals surface area (Å²) in [6, 6.07) is 35.5. The highest BCUT2D eigenvalue weighted by molar-refractivity contribution is 7.86. The van der Waals surface area contributed by atoms with Crippen molar-refractivity contribution in [3.63, 3.8) is 0 Å². The van der Waals surface area contributed by atoms with Crippen LogP contribution >= 0.6 is 0 Å². The average Bonchev–Trinajstić information content (AvgIpc) is 3.44. The van der Waals surface area contributed by atoms with Crippen LogP contribution in [0.5, 0.6) is 0 Å². The minimum atomic E-state index is -4.23. The lowest BCUT2D eigenvalue weighted by atomic mass is 9.79. The maximum Gasteiger partial charge on any atom is 0.297 e. The summed E-state index contributed by atoms with van der Waals surface area (Å²) in [5.41, 5.74) is 2.27. The molecule has 5 unspecified atom stereocenters. The van der Waals surface area contributed by atoms with Gasteiger partial charge in [-0.3, -0.25) is 4.18 Å². The third kappa shape index (κ3) is 4.88. The van der Waals surface area contributed by atoms with Gasteiger partial charge in [0.25, 0.3) is 10.1 Å². The molecule has 2 fully saturated rings. The minimum Gasteiger partial charge on any atom is -0.387 e. The van der Waals surface area contributed by atoms with E-state index in [-0.39, 0.29) is 11.5 Å². The number of benzene rings is 4. The molecule has 40 heavy (non-hydrogen) atoms. The van der Waals surface area contributed by atoms with E-state index in [0.29, 0.717) is 0 Å². The van der Waals surface area contributed by atoms with Crippen molar-refractivity contribution >= 4 is 10.1 Å². The van der Waals surface area contributed by atoms with E-state index in [1.165, 1.54) is 12.1 Å². The van der Waals surface area contributed by atoms with Crippen LogP contribution in [0.4, 0.5) is 0 Å². The molecule has 1 N–H and O–H groups in total. The van der Waals surface area contributed by atoms with Crippen LogP contribution in [-0.2, 0) is 34.1 Å². The van der Waals surface area contributed by atoms with Crippen LogP contribution in [0, 0.1) is 6.92 Å². The van der Waals surface area contributed by atoms with Gasteiger partial charge in [0.05, 0.1) is 11.5 Å². The van der Waals surface area contributed by atoms with Crippen LogP contribution in [0.3, 0.4) is 0 Å². The van der Waals surface area contributed by atoms with Crippen molar-refractivity contribution in [2.24, 2.45) is 0 Å². The first-order valence-electron chi connectivity index (χ1n) is 13.2. The normalized spacial score (nSPS) is 24.6. The van der Waals surface area contributed by atoms with E-state index in [1.54, 1.807) is 12.1 Å². The average molecular weight is 559 g/mol. The summed E-state index contributed by atoms with van der Waals surface area (Å²) < 4.78 is 50.8. The number of hydrogen-bond donors (Lipinski definition) is 1. The minimum absolute atomic E-state index is 0.0184. The second-order valence-electron chi connectivity index (χ2n) is 10.1. The van der Waals surface area contributed by atoms with Crippen LogP contribution < -0.4 is 0 Å². The highest BCUT2D eigenvalue weighted by atomic mass is 32.2. The van der Waals surface area contributed by atoms with E-state index < -0.39 is 46.4 Å². The van der Waals surface area contributed by atoms with Crippen molar-refractivity contribution < 1.29 is 31.9 Å². The van der Waals surface area contributed by atoms with E-state index in [1.807, 2.05) is 97.9 Å². The second kappa shape index (κ2) is 10.9. The molecular formula is C32H30O7S. The van der Waals surface area contributed by atoms with Gasteiger partial charge in [-0.25, -0.2) is 0 Å². The van der Waals surface area contributed by atoms with Crippen molar-refractivity contribution in [2.75, 3.05) is 6.61 Å². The third-order valence-electron chi connectivity index (χ3n) is 7.44. The topological polar surface area (TPSA) is 91.3 Å². The van der Waals surface area contributed by atoms with Crippen molar-refractivity contribution in [2.45, 2.75) is 48.1 Å². The molecule has 4 aromatic carbocycles. The lowest BCUT2D eigenvalue weighted by molar-refractivity contribution is -0.246. The molecule has 0 amide bonds. The highest BCUT2D eigenvalue weighted by Gasteiger charge is 2.56. The Kier molecular flexibility index (Phi) is 7.31. The van der Waals surface area contributed by atoms with Crippen LogP contribution in [0.15, 0.2) is 120 Å². The van der Waals surface area contributed by atoms with Gasteiger partial charge in [0.2, 0.25) is 0 Å². The Morgan fingerprint density at radius 2 is 1.25 bits per heavy atom. The molecule has 0 saturated carbocycles. The van der Waals surface area contributed by atoms with Gasteiger partial charge in [-0.1, -0.05) is 109 Å². The zero-order valence-corrected chi connectivity index (χ0v) is 22.7. The van der Waals surface area contributed by atoms with Gasteiger partial charge in [0, 0.05) is 0 Å². The number of rotatable bonds is 8. The van der Waals surface area contributed by atoms with Gasteiger partial charge in [-0.05, 0) is 35.7 Å². The monoisotopic (exact) mass is 558 g/mol. The molecule has 5 atom stereocenters. The fraction of sp³-hybridized carbons (Fsp3) is 0.250. The molecule has 2 heterocycles. The molecule has 0 radical (unpaired) electrons. The summed E-state index contributed by atoms with van der Waals surface area (Å²) in [6.45, 7) is 1.98. The molecule has 0 aliphatic carbocycles. The molecule has 7 nitrogen and oxygen atoms in total. The summed E-state index contributed by atoms with van der Waals surface area (Å²) in [5, 5.41) is 11.7. The number of aliphatic hydroxyl groups is 1. The highest BCUT2D eigenvalue weighted by Crippen LogP contribution is 2.45. The van der Waals surface area contributed by atoms with Crippen molar-refractivity contribution in [3.8, 4) is 0 Å². The molecule has 0 aromatic heterocycles. The molecule has 2 aliphatic rings. The largest absolute Gasteiger partial charge is 0.387 e. The summed E-state index contributed by atoms with van der Waals surface area (Å²) in [7, 11) is -4.23. The first-order valence-corrected chi connectivity index (χ1v) is 14.6. The third-order valence-corrected chi connectivity index (χ3v) is 8.77. The quantitative estimate of drug-likeness (QED) is 0.250. The Bertz CT molecular complexity index is 1430. The van der Waals surface area contributed by atoms with E-state index >= 15 is 0 Å². The molecule has 2 bridgehead atoms. The smallest absolute Gasteiger partial charge is 0.297 e. The molecule has 2 aliphatic heterocycles. The Hall–Kier alpha value is -3.37. The van der Waals surface area contributed by atoms with E-state index in [4.69, 9.17) is 18.4 Å². The van der Waals surface area contributed by atoms with E-state index in [2.05, 4.69) is 0 Å². The maximum absolute atomic E-state index is 13.2. The Morgan fingerprint density at radius 3 is 1.75 bits per heavy atom. The zero-order chi connectivity index (χ0) is 27.7. The second-order valence-corrected chi connectivity index (χ2v) is 11.6. The number of fused-ring (bicyclic) bond motifs is 2. The van der Waals surface area contributed by atoms with Gasteiger partial charge in [-0.15, -0.1) is 0 Å². The van der Waals surface area contributed by atoms with Crippen molar-refractivity contribution in [3.05, 3.63) is 138 Å². The fourth-order valence-corrected chi connectivity index (χ4v) is 6.51. The molecule has 6 rings (SSSR count). The maximum atomic E-state index is 13.2.